The Bertz CT molecular complexity index is 686. The molecule has 1 N–H and O–H groups in total. The van der Waals surface area contributed by atoms with E-state index in [1.165, 1.54) is 0 Å². The lowest BCUT2D eigenvalue weighted by atomic mass is 10.0. The number of benzene rings is 2. The van der Waals surface area contributed by atoms with Crippen molar-refractivity contribution in [1.29, 1.82) is 0 Å². The Labute approximate surface area is 155 Å². The van der Waals surface area contributed by atoms with Crippen LogP contribution < -0.4 is 9.47 Å². The highest BCUT2D eigenvalue weighted by Crippen LogP contribution is 2.16. The van der Waals surface area contributed by atoms with Crippen molar-refractivity contribution in [2.24, 2.45) is 5.92 Å². The first-order valence-corrected chi connectivity index (χ1v) is 8.78. The van der Waals surface area contributed by atoms with E-state index in [0.29, 0.717) is 6.61 Å². The van der Waals surface area contributed by atoms with Crippen molar-refractivity contribution in [2.75, 3.05) is 20.3 Å². The average Bonchev–Trinajstić information content (AvgIpc) is 2.69. The van der Waals surface area contributed by atoms with Crippen LogP contribution in [0.3, 0.4) is 0 Å². The van der Waals surface area contributed by atoms with Crippen LogP contribution in [0.5, 0.6) is 11.5 Å². The van der Waals surface area contributed by atoms with Crippen molar-refractivity contribution in [3.05, 3.63) is 60.2 Å². The first-order chi connectivity index (χ1) is 12.7. The van der Waals surface area contributed by atoms with Crippen molar-refractivity contribution < 1.29 is 19.3 Å². The molecule has 0 radical (unpaired) electrons. The molecule has 0 amide bonds. The minimum atomic E-state index is -0.614. The molecule has 0 fully saturated rings. The van der Waals surface area contributed by atoms with E-state index in [-0.39, 0.29) is 19.1 Å². The fourth-order valence-corrected chi connectivity index (χ4v) is 2.42. The zero-order valence-corrected chi connectivity index (χ0v) is 15.4. The van der Waals surface area contributed by atoms with Crippen molar-refractivity contribution in [1.82, 2.24) is 0 Å². The van der Waals surface area contributed by atoms with Crippen LogP contribution in [0.2, 0.25) is 0 Å². The summed E-state index contributed by atoms with van der Waals surface area (Å²) in [5, 5.41) is 10.3. The maximum absolute atomic E-state index is 10.3. The summed E-state index contributed by atoms with van der Waals surface area (Å²) in [6.45, 7) is 3.04. The number of aliphatic hydroxyl groups is 1. The predicted molar refractivity (Wildman–Crippen MR) is 102 cm³/mol. The van der Waals surface area contributed by atoms with Crippen molar-refractivity contribution in [2.45, 2.75) is 26.1 Å². The van der Waals surface area contributed by atoms with E-state index in [1.54, 1.807) is 7.11 Å². The molecule has 0 spiro atoms. The predicted octanol–water partition coefficient (Wildman–Crippen LogP) is 3.68. The van der Waals surface area contributed by atoms with E-state index in [2.05, 4.69) is 11.8 Å². The Balaban J connectivity index is 1.74. The largest absolute Gasteiger partial charge is 0.497 e. The van der Waals surface area contributed by atoms with Gasteiger partial charge >= 0.3 is 0 Å². The molecule has 4 heteroatoms. The van der Waals surface area contributed by atoms with Crippen LogP contribution in [-0.4, -0.2) is 31.5 Å². The second-order valence-electron chi connectivity index (χ2n) is 5.87. The summed E-state index contributed by atoms with van der Waals surface area (Å²) in [5.41, 5.74) is 1.09. The SMILES string of the molecule is CC[C@H](C#CCOc1ccc(OC)cc1)[C@H](O)COCc1ccccc1. The van der Waals surface area contributed by atoms with Gasteiger partial charge in [0.2, 0.25) is 0 Å². The monoisotopic (exact) mass is 354 g/mol. The summed E-state index contributed by atoms with van der Waals surface area (Å²) in [7, 11) is 1.63. The molecular weight excluding hydrogens is 328 g/mol. The minimum Gasteiger partial charge on any atom is -0.497 e. The number of aliphatic hydroxyl groups excluding tert-OH is 1. The van der Waals surface area contributed by atoms with Crippen molar-refractivity contribution in [3.63, 3.8) is 0 Å². The summed E-state index contributed by atoms with van der Waals surface area (Å²) >= 11 is 0. The molecule has 0 heterocycles. The molecule has 2 aromatic carbocycles. The molecule has 0 aliphatic rings. The summed E-state index contributed by atoms with van der Waals surface area (Å²) in [4.78, 5) is 0. The van der Waals surface area contributed by atoms with Crippen LogP contribution in [0.4, 0.5) is 0 Å². The number of rotatable bonds is 9. The molecule has 0 bridgehead atoms. The van der Waals surface area contributed by atoms with Gasteiger partial charge in [0.15, 0.2) is 0 Å². The zero-order valence-electron chi connectivity index (χ0n) is 15.4. The van der Waals surface area contributed by atoms with Crippen LogP contribution in [-0.2, 0) is 11.3 Å². The first-order valence-electron chi connectivity index (χ1n) is 8.78. The lowest BCUT2D eigenvalue weighted by Crippen LogP contribution is -2.24. The van der Waals surface area contributed by atoms with Crippen LogP contribution in [0.25, 0.3) is 0 Å². The van der Waals surface area contributed by atoms with Gasteiger partial charge < -0.3 is 19.3 Å². The zero-order chi connectivity index (χ0) is 18.6. The molecule has 2 atom stereocenters. The van der Waals surface area contributed by atoms with Crippen molar-refractivity contribution >= 4 is 0 Å². The van der Waals surface area contributed by atoms with Gasteiger partial charge in [-0.25, -0.2) is 0 Å². The van der Waals surface area contributed by atoms with Gasteiger partial charge in [-0.15, -0.1) is 0 Å². The first kappa shape index (κ1) is 19.8. The third-order valence-corrected chi connectivity index (χ3v) is 3.96. The van der Waals surface area contributed by atoms with Gasteiger partial charge in [-0.3, -0.25) is 0 Å². The standard InChI is InChI=1S/C22H26O4/c1-3-19(22(23)17-25-16-18-8-5-4-6-9-18)10-7-15-26-21-13-11-20(24-2)12-14-21/h4-6,8-9,11-14,19,22-23H,3,15-17H2,1-2H3/t19-,22-/m1/s1. The van der Waals surface area contributed by atoms with E-state index in [4.69, 9.17) is 14.2 Å². The van der Waals surface area contributed by atoms with E-state index in [1.807, 2.05) is 61.5 Å². The lowest BCUT2D eigenvalue weighted by Gasteiger charge is -2.16. The van der Waals surface area contributed by atoms with E-state index in [0.717, 1.165) is 23.5 Å². The van der Waals surface area contributed by atoms with Crippen LogP contribution >= 0.6 is 0 Å². The van der Waals surface area contributed by atoms with E-state index < -0.39 is 6.10 Å². The topological polar surface area (TPSA) is 47.9 Å². The number of hydrogen-bond donors (Lipinski definition) is 1. The lowest BCUT2D eigenvalue weighted by molar-refractivity contribution is 0.00948. The van der Waals surface area contributed by atoms with Gasteiger partial charge in [-0.05, 0) is 36.2 Å². The van der Waals surface area contributed by atoms with Gasteiger partial charge in [0.05, 0.1) is 26.4 Å². The Morgan fingerprint density at radius 2 is 1.69 bits per heavy atom. The quantitative estimate of drug-likeness (QED) is 0.698. The summed E-state index contributed by atoms with van der Waals surface area (Å²) in [6.07, 6.45) is 0.142. The van der Waals surface area contributed by atoms with E-state index >= 15 is 0 Å². The Morgan fingerprint density at radius 3 is 2.35 bits per heavy atom. The second-order valence-corrected chi connectivity index (χ2v) is 5.87. The third kappa shape index (κ3) is 6.79. The Kier molecular flexibility index (Phi) is 8.54. The fourth-order valence-electron chi connectivity index (χ4n) is 2.42. The molecule has 0 unspecified atom stereocenters. The number of methoxy groups -OCH3 is 1. The highest BCUT2D eigenvalue weighted by Gasteiger charge is 2.15. The van der Waals surface area contributed by atoms with Gasteiger partial charge in [0.1, 0.15) is 18.1 Å². The second kappa shape index (κ2) is 11.2. The third-order valence-electron chi connectivity index (χ3n) is 3.96. The van der Waals surface area contributed by atoms with Crippen molar-refractivity contribution in [3.8, 4) is 23.3 Å². The van der Waals surface area contributed by atoms with Gasteiger partial charge in [-0.2, -0.15) is 0 Å². The normalized spacial score (nSPS) is 12.6. The van der Waals surface area contributed by atoms with Crippen LogP contribution in [0, 0.1) is 17.8 Å². The molecule has 0 saturated heterocycles. The molecule has 0 aliphatic carbocycles. The highest BCUT2D eigenvalue weighted by molar-refractivity contribution is 5.31. The summed E-state index contributed by atoms with van der Waals surface area (Å²) in [6, 6.07) is 17.3. The number of hydrogen-bond acceptors (Lipinski definition) is 4. The molecule has 0 aromatic heterocycles. The molecule has 138 valence electrons. The number of ether oxygens (including phenoxy) is 3. The molecule has 0 saturated carbocycles. The Hall–Kier alpha value is -2.48. The average molecular weight is 354 g/mol. The van der Waals surface area contributed by atoms with E-state index in [9.17, 15) is 5.11 Å². The van der Waals surface area contributed by atoms with Gasteiger partial charge in [0.25, 0.3) is 0 Å². The summed E-state index contributed by atoms with van der Waals surface area (Å²) < 4.78 is 16.3. The molecular formula is C22H26O4. The summed E-state index contributed by atoms with van der Waals surface area (Å²) in [5.74, 6) is 7.45. The fraction of sp³-hybridized carbons (Fsp3) is 0.364. The molecule has 2 aromatic rings. The molecule has 2 rings (SSSR count). The maximum atomic E-state index is 10.3. The minimum absolute atomic E-state index is 0.134. The molecule has 0 aliphatic heterocycles. The maximum Gasteiger partial charge on any atom is 0.149 e. The van der Waals surface area contributed by atoms with Crippen LogP contribution in [0.1, 0.15) is 18.9 Å². The molecule has 4 nitrogen and oxygen atoms in total. The van der Waals surface area contributed by atoms with Gasteiger partial charge in [-0.1, -0.05) is 49.1 Å². The highest BCUT2D eigenvalue weighted by atomic mass is 16.5. The van der Waals surface area contributed by atoms with Gasteiger partial charge in [0, 0.05) is 5.92 Å². The molecule has 26 heavy (non-hydrogen) atoms. The van der Waals surface area contributed by atoms with Crippen LogP contribution in [0.15, 0.2) is 54.6 Å². The Morgan fingerprint density at radius 1 is 1.00 bits per heavy atom. The smallest absolute Gasteiger partial charge is 0.149 e.